The molecule has 23 heavy (non-hydrogen) atoms. The maximum Gasteiger partial charge on any atom is 0.249 e. The maximum atomic E-state index is 12.3. The van der Waals surface area contributed by atoms with Crippen molar-refractivity contribution in [3.8, 4) is 11.5 Å². The van der Waals surface area contributed by atoms with E-state index in [4.69, 9.17) is 9.47 Å². The highest BCUT2D eigenvalue weighted by Crippen LogP contribution is 2.29. The summed E-state index contributed by atoms with van der Waals surface area (Å²) in [5, 5.41) is 5.35. The average molecular weight is 312 g/mol. The normalized spacial score (nSPS) is 17.2. The molecule has 1 aliphatic rings. The van der Waals surface area contributed by atoms with Crippen LogP contribution in [0, 0.1) is 0 Å². The summed E-state index contributed by atoms with van der Waals surface area (Å²) in [6.07, 6.45) is 0. The summed E-state index contributed by atoms with van der Waals surface area (Å²) < 4.78 is 10.9. The van der Waals surface area contributed by atoms with Crippen molar-refractivity contribution in [1.29, 1.82) is 0 Å². The second kappa shape index (κ2) is 6.93. The van der Waals surface area contributed by atoms with Gasteiger partial charge in [-0.15, -0.1) is 0 Å². The molecule has 1 fully saturated rings. The molecule has 0 aromatic heterocycles. The first-order valence-corrected chi connectivity index (χ1v) is 7.22. The van der Waals surface area contributed by atoms with Crippen molar-refractivity contribution in [3.05, 3.63) is 54.6 Å². The lowest BCUT2D eigenvalue weighted by molar-refractivity contribution is -0.136. The van der Waals surface area contributed by atoms with Gasteiger partial charge in [0.05, 0.1) is 12.3 Å². The lowest BCUT2D eigenvalue weighted by Gasteiger charge is -2.23. The van der Waals surface area contributed by atoms with Gasteiger partial charge in [-0.3, -0.25) is 9.59 Å². The Kier molecular flexibility index (Phi) is 4.54. The molecule has 2 amide bonds. The molecular weight excluding hydrogens is 296 g/mol. The molecule has 1 heterocycles. The number of nitrogens with one attached hydrogen (secondary N) is 2. The largest absolute Gasteiger partial charge is 0.455 e. The third-order valence-corrected chi connectivity index (χ3v) is 3.29. The van der Waals surface area contributed by atoms with Crippen molar-refractivity contribution in [3.63, 3.8) is 0 Å². The zero-order chi connectivity index (χ0) is 16.1. The Balaban J connectivity index is 1.72. The summed E-state index contributed by atoms with van der Waals surface area (Å²) in [6, 6.07) is 15.7. The van der Waals surface area contributed by atoms with Crippen LogP contribution in [0.1, 0.15) is 0 Å². The number of benzene rings is 2. The molecule has 0 radical (unpaired) electrons. The Morgan fingerprint density at radius 3 is 2.65 bits per heavy atom. The van der Waals surface area contributed by atoms with Gasteiger partial charge < -0.3 is 20.1 Å². The predicted octanol–water partition coefficient (Wildman–Crippen LogP) is 1.93. The Morgan fingerprint density at radius 1 is 1.13 bits per heavy atom. The van der Waals surface area contributed by atoms with Crippen LogP contribution in [0.15, 0.2) is 54.6 Å². The van der Waals surface area contributed by atoms with Crippen molar-refractivity contribution in [2.45, 2.75) is 6.04 Å². The number of carbonyl (C=O) groups is 2. The van der Waals surface area contributed by atoms with E-state index in [9.17, 15) is 9.59 Å². The fourth-order valence-electron chi connectivity index (χ4n) is 2.18. The highest BCUT2D eigenvalue weighted by molar-refractivity contribution is 5.98. The van der Waals surface area contributed by atoms with Gasteiger partial charge in [-0.05, 0) is 24.3 Å². The Bertz CT molecular complexity index is 703. The van der Waals surface area contributed by atoms with Crippen molar-refractivity contribution < 1.29 is 19.1 Å². The second-order valence-electron chi connectivity index (χ2n) is 5.04. The number of amides is 2. The molecule has 0 aliphatic carbocycles. The van der Waals surface area contributed by atoms with Crippen molar-refractivity contribution in [2.24, 2.45) is 0 Å². The summed E-state index contributed by atoms with van der Waals surface area (Å²) in [7, 11) is 0. The summed E-state index contributed by atoms with van der Waals surface area (Å²) >= 11 is 0. The van der Waals surface area contributed by atoms with Crippen LogP contribution in [0.5, 0.6) is 11.5 Å². The lowest BCUT2D eigenvalue weighted by atomic mass is 10.2. The molecule has 3 rings (SSSR count). The van der Waals surface area contributed by atoms with Crippen molar-refractivity contribution in [1.82, 2.24) is 5.32 Å². The molecule has 2 N–H and O–H groups in total. The summed E-state index contributed by atoms with van der Waals surface area (Å²) in [5.74, 6) is 0.547. The number of anilines is 1. The zero-order valence-electron chi connectivity index (χ0n) is 12.3. The van der Waals surface area contributed by atoms with E-state index in [1.165, 1.54) is 0 Å². The molecule has 1 unspecified atom stereocenters. The van der Waals surface area contributed by atoms with E-state index >= 15 is 0 Å². The average Bonchev–Trinajstić information content (AvgIpc) is 2.57. The van der Waals surface area contributed by atoms with Crippen LogP contribution in [0.4, 0.5) is 5.69 Å². The van der Waals surface area contributed by atoms with Crippen molar-refractivity contribution >= 4 is 17.5 Å². The fraction of sp³-hybridized carbons (Fsp3) is 0.176. The lowest BCUT2D eigenvalue weighted by Crippen LogP contribution is -2.51. The number of morpholine rings is 1. The number of carbonyl (C=O) groups excluding carboxylic acids is 2. The predicted molar refractivity (Wildman–Crippen MR) is 84.3 cm³/mol. The monoisotopic (exact) mass is 312 g/mol. The maximum absolute atomic E-state index is 12.3. The minimum Gasteiger partial charge on any atom is -0.455 e. The Morgan fingerprint density at radius 2 is 1.87 bits per heavy atom. The number of para-hydroxylation sites is 3. The second-order valence-corrected chi connectivity index (χ2v) is 5.04. The minimum atomic E-state index is -0.707. The van der Waals surface area contributed by atoms with E-state index in [1.54, 1.807) is 18.2 Å². The minimum absolute atomic E-state index is 0.0164. The molecule has 1 aliphatic heterocycles. The van der Waals surface area contributed by atoms with E-state index in [0.29, 0.717) is 17.2 Å². The molecular formula is C17H16N2O4. The third-order valence-electron chi connectivity index (χ3n) is 3.29. The van der Waals surface area contributed by atoms with Gasteiger partial charge >= 0.3 is 0 Å². The standard InChI is InChI=1S/C17H16N2O4/c20-16-11-22-10-14(18-16)17(21)19-13-8-4-5-9-15(13)23-12-6-2-1-3-7-12/h1-9,14H,10-11H2,(H,18,20)(H,19,21). The first-order chi connectivity index (χ1) is 11.2. The zero-order valence-corrected chi connectivity index (χ0v) is 12.3. The number of ether oxygens (including phenoxy) is 2. The van der Waals surface area contributed by atoms with Crippen LogP contribution in [0.25, 0.3) is 0 Å². The topological polar surface area (TPSA) is 76.7 Å². The van der Waals surface area contributed by atoms with Gasteiger partial charge in [-0.25, -0.2) is 0 Å². The van der Waals surface area contributed by atoms with Crippen LogP contribution in [-0.2, 0) is 14.3 Å². The molecule has 1 atom stereocenters. The Labute approximate surface area is 133 Å². The van der Waals surface area contributed by atoms with Crippen LogP contribution in [-0.4, -0.2) is 31.1 Å². The molecule has 118 valence electrons. The van der Waals surface area contributed by atoms with Crippen molar-refractivity contribution in [2.75, 3.05) is 18.5 Å². The quantitative estimate of drug-likeness (QED) is 0.904. The van der Waals surface area contributed by atoms with Gasteiger partial charge in [-0.2, -0.15) is 0 Å². The summed E-state index contributed by atoms with van der Waals surface area (Å²) in [5.41, 5.74) is 0.529. The molecule has 1 saturated heterocycles. The first kappa shape index (κ1) is 15.1. The van der Waals surface area contributed by atoms with Gasteiger partial charge in [0.2, 0.25) is 11.8 Å². The highest BCUT2D eigenvalue weighted by atomic mass is 16.5. The molecule has 0 spiro atoms. The molecule has 6 heteroatoms. The van der Waals surface area contributed by atoms with Gasteiger partial charge in [-0.1, -0.05) is 30.3 Å². The van der Waals surface area contributed by atoms with E-state index in [0.717, 1.165) is 0 Å². The first-order valence-electron chi connectivity index (χ1n) is 7.22. The van der Waals surface area contributed by atoms with Gasteiger partial charge in [0.25, 0.3) is 0 Å². The SMILES string of the molecule is O=C1COCC(C(=O)Nc2ccccc2Oc2ccccc2)N1. The number of hydrogen-bond donors (Lipinski definition) is 2. The van der Waals surface area contributed by atoms with Crippen LogP contribution in [0.2, 0.25) is 0 Å². The van der Waals surface area contributed by atoms with Gasteiger partial charge in [0.15, 0.2) is 5.75 Å². The van der Waals surface area contributed by atoms with Gasteiger partial charge in [0, 0.05) is 0 Å². The third kappa shape index (κ3) is 3.87. The molecule has 2 aromatic carbocycles. The van der Waals surface area contributed by atoms with E-state index in [1.807, 2.05) is 36.4 Å². The van der Waals surface area contributed by atoms with E-state index < -0.39 is 6.04 Å². The van der Waals surface area contributed by atoms with Gasteiger partial charge in [0.1, 0.15) is 18.4 Å². The van der Waals surface area contributed by atoms with E-state index in [2.05, 4.69) is 10.6 Å². The molecule has 0 bridgehead atoms. The summed E-state index contributed by atoms with van der Waals surface area (Å²) in [4.78, 5) is 23.6. The van der Waals surface area contributed by atoms with Crippen LogP contribution in [0.3, 0.4) is 0 Å². The summed E-state index contributed by atoms with van der Waals surface area (Å²) in [6.45, 7) is 0.136. The number of rotatable bonds is 4. The highest BCUT2D eigenvalue weighted by Gasteiger charge is 2.25. The molecule has 6 nitrogen and oxygen atoms in total. The molecule has 0 saturated carbocycles. The smallest absolute Gasteiger partial charge is 0.249 e. The van der Waals surface area contributed by atoms with Crippen LogP contribution >= 0.6 is 0 Å². The number of hydrogen-bond acceptors (Lipinski definition) is 4. The van der Waals surface area contributed by atoms with Crippen LogP contribution < -0.4 is 15.4 Å². The Hall–Kier alpha value is -2.86. The van der Waals surface area contributed by atoms with E-state index in [-0.39, 0.29) is 25.0 Å². The molecule has 2 aromatic rings. The fourth-order valence-corrected chi connectivity index (χ4v) is 2.18.